The molecule has 104 valence electrons. The van der Waals surface area contributed by atoms with E-state index in [1.807, 2.05) is 30.3 Å². The van der Waals surface area contributed by atoms with Crippen molar-refractivity contribution in [3.05, 3.63) is 58.1 Å². The fraction of sp³-hybridized carbons (Fsp3) is 0.133. The molecule has 0 aliphatic heterocycles. The molecule has 0 amide bonds. The van der Waals surface area contributed by atoms with E-state index in [0.717, 1.165) is 12.1 Å². The summed E-state index contributed by atoms with van der Waals surface area (Å²) >= 11 is 17.4. The molecule has 2 nitrogen and oxygen atoms in total. The van der Waals surface area contributed by atoms with Crippen LogP contribution in [0.15, 0.2) is 42.5 Å². The van der Waals surface area contributed by atoms with Gasteiger partial charge in [-0.2, -0.15) is 0 Å². The monoisotopic (exact) mass is 324 g/mol. The van der Waals surface area contributed by atoms with E-state index in [-0.39, 0.29) is 0 Å². The largest absolute Gasteiger partial charge is 0.332 e. The van der Waals surface area contributed by atoms with Crippen molar-refractivity contribution in [2.24, 2.45) is 0 Å². The highest BCUT2D eigenvalue weighted by Gasteiger charge is 2.07. The van der Waals surface area contributed by atoms with Crippen LogP contribution >= 0.6 is 35.4 Å². The van der Waals surface area contributed by atoms with Crippen molar-refractivity contribution in [2.75, 3.05) is 10.6 Å². The predicted molar refractivity (Wildman–Crippen MR) is 92.1 cm³/mol. The molecular formula is C15H14Cl2N2S. The smallest absolute Gasteiger partial charge is 0.175 e. The zero-order valence-electron chi connectivity index (χ0n) is 10.9. The molecule has 2 N–H and O–H groups in total. The van der Waals surface area contributed by atoms with Crippen LogP contribution < -0.4 is 10.6 Å². The van der Waals surface area contributed by atoms with Gasteiger partial charge in [-0.15, -0.1) is 0 Å². The fourth-order valence-corrected chi connectivity index (χ4v) is 2.39. The number of para-hydroxylation sites is 1. The Morgan fingerprint density at radius 2 is 1.65 bits per heavy atom. The third-order valence-corrected chi connectivity index (χ3v) is 3.87. The first-order valence-corrected chi connectivity index (χ1v) is 7.38. The van der Waals surface area contributed by atoms with Crippen molar-refractivity contribution >= 4 is 51.9 Å². The molecule has 0 radical (unpaired) electrons. The average Bonchev–Trinajstić information content (AvgIpc) is 2.44. The SMILES string of the molecule is CCc1ccccc1NC(=S)Nc1cccc(Cl)c1Cl. The van der Waals surface area contributed by atoms with Gasteiger partial charge in [0.25, 0.3) is 0 Å². The molecule has 20 heavy (non-hydrogen) atoms. The Morgan fingerprint density at radius 3 is 2.40 bits per heavy atom. The highest BCUT2D eigenvalue weighted by molar-refractivity contribution is 7.80. The van der Waals surface area contributed by atoms with E-state index in [4.69, 9.17) is 35.4 Å². The van der Waals surface area contributed by atoms with E-state index in [2.05, 4.69) is 23.6 Å². The standard InChI is InChI=1S/C15H14Cl2N2S/c1-2-10-6-3-4-8-12(10)18-15(20)19-13-9-5-7-11(16)14(13)17/h3-9H,2H2,1H3,(H2,18,19,20). The van der Waals surface area contributed by atoms with Gasteiger partial charge in [0.05, 0.1) is 15.7 Å². The average molecular weight is 325 g/mol. The molecule has 0 saturated carbocycles. The lowest BCUT2D eigenvalue weighted by Crippen LogP contribution is -2.20. The van der Waals surface area contributed by atoms with Crippen LogP contribution in [0.25, 0.3) is 0 Å². The summed E-state index contributed by atoms with van der Waals surface area (Å²) in [6.07, 6.45) is 0.934. The lowest BCUT2D eigenvalue weighted by atomic mass is 10.1. The molecule has 0 spiro atoms. The van der Waals surface area contributed by atoms with Gasteiger partial charge in [0.1, 0.15) is 0 Å². The minimum absolute atomic E-state index is 0.460. The molecule has 5 heteroatoms. The van der Waals surface area contributed by atoms with Crippen molar-refractivity contribution in [1.29, 1.82) is 0 Å². The molecule has 2 aromatic rings. The van der Waals surface area contributed by atoms with Gasteiger partial charge in [0, 0.05) is 5.69 Å². The molecule has 0 bridgehead atoms. The van der Waals surface area contributed by atoms with Crippen LogP contribution in [0.3, 0.4) is 0 Å². The van der Waals surface area contributed by atoms with Crippen molar-refractivity contribution in [2.45, 2.75) is 13.3 Å². The maximum Gasteiger partial charge on any atom is 0.175 e. The topological polar surface area (TPSA) is 24.1 Å². The van der Waals surface area contributed by atoms with Crippen molar-refractivity contribution in [1.82, 2.24) is 0 Å². The van der Waals surface area contributed by atoms with Gasteiger partial charge in [-0.3, -0.25) is 0 Å². The van der Waals surface area contributed by atoms with Gasteiger partial charge >= 0.3 is 0 Å². The second-order valence-corrected chi connectivity index (χ2v) is 5.38. The number of rotatable bonds is 3. The highest BCUT2D eigenvalue weighted by atomic mass is 35.5. The second-order valence-electron chi connectivity index (χ2n) is 4.19. The van der Waals surface area contributed by atoms with Crippen LogP contribution in [0, 0.1) is 0 Å². The third-order valence-electron chi connectivity index (χ3n) is 2.85. The molecule has 0 heterocycles. The zero-order valence-corrected chi connectivity index (χ0v) is 13.2. The molecule has 0 unspecified atom stereocenters. The Hall–Kier alpha value is -1.29. The van der Waals surface area contributed by atoms with Gasteiger partial charge in [-0.1, -0.05) is 54.4 Å². The number of anilines is 2. The van der Waals surface area contributed by atoms with Crippen LogP contribution in [0.4, 0.5) is 11.4 Å². The molecule has 0 aromatic heterocycles. The molecule has 0 fully saturated rings. The van der Waals surface area contributed by atoms with Crippen LogP contribution in [0.1, 0.15) is 12.5 Å². The van der Waals surface area contributed by atoms with Crippen molar-refractivity contribution in [3.63, 3.8) is 0 Å². The number of aryl methyl sites for hydroxylation is 1. The Morgan fingerprint density at radius 1 is 1.00 bits per heavy atom. The minimum atomic E-state index is 0.460. The molecule has 2 aromatic carbocycles. The van der Waals surface area contributed by atoms with E-state index in [0.29, 0.717) is 20.8 Å². The summed E-state index contributed by atoms with van der Waals surface area (Å²) in [4.78, 5) is 0. The first-order valence-electron chi connectivity index (χ1n) is 6.21. The number of benzene rings is 2. The molecule has 0 atom stereocenters. The molecule has 0 saturated heterocycles. The van der Waals surface area contributed by atoms with Crippen molar-refractivity contribution in [3.8, 4) is 0 Å². The third kappa shape index (κ3) is 3.63. The van der Waals surface area contributed by atoms with Gasteiger partial charge in [0.15, 0.2) is 5.11 Å². The molecular weight excluding hydrogens is 311 g/mol. The van der Waals surface area contributed by atoms with E-state index in [9.17, 15) is 0 Å². The van der Waals surface area contributed by atoms with Crippen molar-refractivity contribution < 1.29 is 0 Å². The number of hydrogen-bond acceptors (Lipinski definition) is 1. The quantitative estimate of drug-likeness (QED) is 0.742. The summed E-state index contributed by atoms with van der Waals surface area (Å²) in [5.74, 6) is 0. The first-order chi connectivity index (χ1) is 9.61. The van der Waals surface area contributed by atoms with Crippen LogP contribution in [0.2, 0.25) is 10.0 Å². The lowest BCUT2D eigenvalue weighted by Gasteiger charge is -2.14. The minimum Gasteiger partial charge on any atom is -0.332 e. The lowest BCUT2D eigenvalue weighted by molar-refractivity contribution is 1.14. The van der Waals surface area contributed by atoms with Gasteiger partial charge in [-0.05, 0) is 42.4 Å². The van der Waals surface area contributed by atoms with Crippen LogP contribution in [-0.4, -0.2) is 5.11 Å². The first kappa shape index (κ1) is 15.1. The Bertz CT molecular complexity index is 629. The number of hydrogen-bond donors (Lipinski definition) is 2. The summed E-state index contributed by atoms with van der Waals surface area (Å²) in [6, 6.07) is 13.4. The van der Waals surface area contributed by atoms with E-state index in [1.54, 1.807) is 6.07 Å². The summed E-state index contributed by atoms with van der Waals surface area (Å²) in [7, 11) is 0. The fourth-order valence-electron chi connectivity index (χ4n) is 1.83. The van der Waals surface area contributed by atoms with E-state index < -0.39 is 0 Å². The zero-order chi connectivity index (χ0) is 14.5. The summed E-state index contributed by atoms with van der Waals surface area (Å²) in [5, 5.41) is 7.67. The van der Waals surface area contributed by atoms with Gasteiger partial charge in [0.2, 0.25) is 0 Å². The number of thiocarbonyl (C=S) groups is 1. The van der Waals surface area contributed by atoms with E-state index in [1.165, 1.54) is 5.56 Å². The van der Waals surface area contributed by atoms with E-state index >= 15 is 0 Å². The van der Waals surface area contributed by atoms with Gasteiger partial charge in [-0.25, -0.2) is 0 Å². The molecule has 0 aliphatic carbocycles. The maximum absolute atomic E-state index is 6.12. The molecule has 2 rings (SSSR count). The summed E-state index contributed by atoms with van der Waals surface area (Å²) in [6.45, 7) is 2.10. The predicted octanol–water partition coefficient (Wildman–Crippen LogP) is 5.36. The van der Waals surface area contributed by atoms with Crippen LogP contribution in [-0.2, 0) is 6.42 Å². The maximum atomic E-state index is 6.12. The molecule has 0 aliphatic rings. The Labute approximate surface area is 134 Å². The summed E-state index contributed by atoms with van der Waals surface area (Å²) < 4.78 is 0. The van der Waals surface area contributed by atoms with Crippen LogP contribution in [0.5, 0.6) is 0 Å². The number of halogens is 2. The normalized spacial score (nSPS) is 10.2. The summed E-state index contributed by atoms with van der Waals surface area (Å²) in [5.41, 5.74) is 2.88. The van der Waals surface area contributed by atoms with Gasteiger partial charge < -0.3 is 10.6 Å². The Kier molecular flexibility index (Phi) is 5.24. The highest BCUT2D eigenvalue weighted by Crippen LogP contribution is 2.29. The number of nitrogens with one attached hydrogen (secondary N) is 2. The second kappa shape index (κ2) is 6.93. The Balaban J connectivity index is 2.11.